The summed E-state index contributed by atoms with van der Waals surface area (Å²) in [6, 6.07) is 3.62. The second-order valence-electron chi connectivity index (χ2n) is 6.29. The molecule has 154 valence electrons. The summed E-state index contributed by atoms with van der Waals surface area (Å²) < 4.78 is 66.0. The molecule has 1 aromatic rings. The number of hydrogen-bond acceptors (Lipinski definition) is 8. The average Bonchev–Trinajstić information content (AvgIpc) is 2.96. The minimum Gasteiger partial charge on any atom is -0.493 e. The van der Waals surface area contributed by atoms with E-state index in [9.17, 15) is 16.8 Å². The van der Waals surface area contributed by atoms with Gasteiger partial charge in [-0.3, -0.25) is 0 Å². The largest absolute Gasteiger partial charge is 0.493 e. The van der Waals surface area contributed by atoms with Gasteiger partial charge in [-0.25, -0.2) is 16.8 Å². The van der Waals surface area contributed by atoms with Crippen molar-refractivity contribution in [3.63, 3.8) is 0 Å². The van der Waals surface area contributed by atoms with E-state index in [-0.39, 0.29) is 16.4 Å². The fourth-order valence-electron chi connectivity index (χ4n) is 3.09. The Bertz CT molecular complexity index is 837. The first-order valence-corrected chi connectivity index (χ1v) is 12.1. The van der Waals surface area contributed by atoms with E-state index in [1.165, 1.54) is 32.4 Å². The van der Waals surface area contributed by atoms with Crippen molar-refractivity contribution in [2.75, 3.05) is 45.5 Å². The van der Waals surface area contributed by atoms with Crippen molar-refractivity contribution in [3.8, 4) is 11.5 Å². The number of nitrogens with one attached hydrogen (secondary N) is 1. The first-order valence-electron chi connectivity index (χ1n) is 8.72. The summed E-state index contributed by atoms with van der Waals surface area (Å²) in [5, 5.41) is 2.03. The number of ether oxygens (including phenoxy) is 3. The van der Waals surface area contributed by atoms with E-state index < -0.39 is 36.7 Å². The molecule has 0 aromatic heterocycles. The zero-order chi connectivity index (χ0) is 20.1. The molecule has 0 bridgehead atoms. The molecule has 1 aliphatic rings. The number of benzene rings is 1. The molecule has 0 spiro atoms. The average molecular weight is 422 g/mol. The smallest absolute Gasteiger partial charge is 0.183 e. The van der Waals surface area contributed by atoms with Crippen LogP contribution in [-0.2, 0) is 24.4 Å². The molecule has 2 atom stereocenters. The normalized spacial score (nSPS) is 21.9. The molecule has 8 nitrogen and oxygen atoms in total. The molecule has 1 aliphatic heterocycles. The van der Waals surface area contributed by atoms with Crippen LogP contribution in [0, 0.1) is 0 Å². The maximum Gasteiger partial charge on any atom is 0.183 e. The third-order valence-electron chi connectivity index (χ3n) is 4.46. The van der Waals surface area contributed by atoms with Crippen LogP contribution in [0.4, 0.5) is 0 Å². The van der Waals surface area contributed by atoms with E-state index in [0.717, 1.165) is 0 Å². The van der Waals surface area contributed by atoms with Gasteiger partial charge in [0.25, 0.3) is 0 Å². The molecule has 1 aromatic carbocycles. The van der Waals surface area contributed by atoms with Crippen LogP contribution in [0.15, 0.2) is 23.1 Å². The van der Waals surface area contributed by atoms with Crippen molar-refractivity contribution in [1.82, 2.24) is 5.32 Å². The Labute approximate surface area is 161 Å². The van der Waals surface area contributed by atoms with Crippen LogP contribution in [0.5, 0.6) is 11.5 Å². The van der Waals surface area contributed by atoms with Crippen molar-refractivity contribution in [2.24, 2.45) is 0 Å². The number of hydrogen-bond donors (Lipinski definition) is 1. The predicted octanol–water partition coefficient (Wildman–Crippen LogP) is 0.659. The van der Waals surface area contributed by atoms with Crippen molar-refractivity contribution in [2.45, 2.75) is 29.5 Å². The number of methoxy groups -OCH3 is 2. The van der Waals surface area contributed by atoms with Crippen LogP contribution >= 0.6 is 0 Å². The summed E-state index contributed by atoms with van der Waals surface area (Å²) in [4.78, 5) is 0.0170. The molecule has 1 saturated heterocycles. The zero-order valence-corrected chi connectivity index (χ0v) is 17.4. The second kappa shape index (κ2) is 9.22. The summed E-state index contributed by atoms with van der Waals surface area (Å²) in [5.74, 6) is 0.0905. The summed E-state index contributed by atoms with van der Waals surface area (Å²) >= 11 is 0. The highest BCUT2D eigenvalue weighted by molar-refractivity contribution is 7.96. The van der Waals surface area contributed by atoms with Crippen LogP contribution in [0.1, 0.15) is 13.3 Å². The standard InChI is InChI=1S/C17H27NO7S2/c1-4-25-9-5-8-18-14-11-26(19,20)12-17(14)27(21,22)13-6-7-15(23-2)16(10-13)24-3/h6-7,10,14,17-18H,4-5,8-9,11-12H2,1-3H3/t14-,17-/m0/s1. The minimum atomic E-state index is -3.87. The molecule has 0 radical (unpaired) electrons. The maximum absolute atomic E-state index is 13.1. The Kier molecular flexibility index (Phi) is 7.49. The molecule has 27 heavy (non-hydrogen) atoms. The van der Waals surface area contributed by atoms with Crippen LogP contribution < -0.4 is 14.8 Å². The van der Waals surface area contributed by atoms with Crippen LogP contribution in [0.2, 0.25) is 0 Å². The van der Waals surface area contributed by atoms with E-state index in [2.05, 4.69) is 5.32 Å². The Morgan fingerprint density at radius 1 is 1.15 bits per heavy atom. The van der Waals surface area contributed by atoms with Gasteiger partial charge in [0.05, 0.1) is 35.9 Å². The van der Waals surface area contributed by atoms with Crippen molar-refractivity contribution < 1.29 is 31.0 Å². The molecular formula is C17H27NO7S2. The summed E-state index contributed by atoms with van der Waals surface area (Å²) in [6.07, 6.45) is 0.674. The van der Waals surface area contributed by atoms with Gasteiger partial charge in [0.15, 0.2) is 31.2 Å². The van der Waals surface area contributed by atoms with Gasteiger partial charge in [0.1, 0.15) is 0 Å². The summed E-state index contributed by atoms with van der Waals surface area (Å²) in [6.45, 7) is 3.52. The highest BCUT2D eigenvalue weighted by Crippen LogP contribution is 2.33. The number of rotatable bonds is 10. The number of sulfone groups is 2. The topological polar surface area (TPSA) is 108 Å². The Morgan fingerprint density at radius 2 is 1.85 bits per heavy atom. The van der Waals surface area contributed by atoms with E-state index in [1.54, 1.807) is 0 Å². The van der Waals surface area contributed by atoms with Crippen LogP contribution in [0.25, 0.3) is 0 Å². The van der Waals surface area contributed by atoms with Crippen molar-refractivity contribution >= 4 is 19.7 Å². The van der Waals surface area contributed by atoms with E-state index >= 15 is 0 Å². The second-order valence-corrected chi connectivity index (χ2v) is 10.6. The lowest BCUT2D eigenvalue weighted by Crippen LogP contribution is -2.43. The minimum absolute atomic E-state index is 0.0170. The van der Waals surface area contributed by atoms with E-state index in [1.807, 2.05) is 6.92 Å². The van der Waals surface area contributed by atoms with E-state index in [4.69, 9.17) is 14.2 Å². The quantitative estimate of drug-likeness (QED) is 0.549. The fraction of sp³-hybridized carbons (Fsp3) is 0.647. The molecule has 1 heterocycles. The molecule has 0 amide bonds. The van der Waals surface area contributed by atoms with Gasteiger partial charge in [-0.05, 0) is 32.0 Å². The zero-order valence-electron chi connectivity index (χ0n) is 15.8. The van der Waals surface area contributed by atoms with E-state index in [0.29, 0.717) is 31.9 Å². The first kappa shape index (κ1) is 21.9. The van der Waals surface area contributed by atoms with Gasteiger partial charge in [-0.2, -0.15) is 0 Å². The van der Waals surface area contributed by atoms with Gasteiger partial charge < -0.3 is 19.5 Å². The molecule has 1 N–H and O–H groups in total. The lowest BCUT2D eigenvalue weighted by atomic mass is 10.2. The lowest BCUT2D eigenvalue weighted by Gasteiger charge is -2.20. The van der Waals surface area contributed by atoms with Gasteiger partial charge in [-0.1, -0.05) is 0 Å². The maximum atomic E-state index is 13.1. The highest BCUT2D eigenvalue weighted by atomic mass is 32.2. The molecule has 0 saturated carbocycles. The van der Waals surface area contributed by atoms with Crippen LogP contribution in [-0.4, -0.2) is 73.6 Å². The SMILES string of the molecule is CCOCCCN[C@H]1CS(=O)(=O)C[C@@H]1S(=O)(=O)c1ccc(OC)c(OC)c1. The first-order chi connectivity index (χ1) is 12.7. The van der Waals surface area contributed by atoms with Crippen LogP contribution in [0.3, 0.4) is 0 Å². The third kappa shape index (κ3) is 5.34. The summed E-state index contributed by atoms with van der Waals surface area (Å²) in [7, 11) is -4.44. The lowest BCUT2D eigenvalue weighted by molar-refractivity contribution is 0.144. The van der Waals surface area contributed by atoms with Gasteiger partial charge >= 0.3 is 0 Å². The monoisotopic (exact) mass is 421 g/mol. The Morgan fingerprint density at radius 3 is 2.48 bits per heavy atom. The van der Waals surface area contributed by atoms with Gasteiger partial charge in [0.2, 0.25) is 0 Å². The molecule has 1 fully saturated rings. The molecule has 2 rings (SSSR count). The Hall–Kier alpha value is -1.36. The highest BCUT2D eigenvalue weighted by Gasteiger charge is 2.45. The Balaban J connectivity index is 2.23. The molecule has 0 unspecified atom stereocenters. The molecule has 0 aliphatic carbocycles. The van der Waals surface area contributed by atoms with Gasteiger partial charge in [0, 0.05) is 25.3 Å². The van der Waals surface area contributed by atoms with Gasteiger partial charge in [-0.15, -0.1) is 0 Å². The van der Waals surface area contributed by atoms with Crippen molar-refractivity contribution in [3.05, 3.63) is 18.2 Å². The predicted molar refractivity (Wildman–Crippen MR) is 102 cm³/mol. The van der Waals surface area contributed by atoms with Crippen molar-refractivity contribution in [1.29, 1.82) is 0 Å². The third-order valence-corrected chi connectivity index (χ3v) is 8.61. The molecule has 10 heteroatoms. The molecular weight excluding hydrogens is 394 g/mol. The fourth-order valence-corrected chi connectivity index (χ4v) is 7.82. The summed E-state index contributed by atoms with van der Waals surface area (Å²) in [5.41, 5.74) is 0.